The zero-order valence-corrected chi connectivity index (χ0v) is 4.40. The van der Waals surface area contributed by atoms with E-state index >= 15 is 0 Å². The summed E-state index contributed by atoms with van der Waals surface area (Å²) in [6.45, 7) is 0. The minimum atomic E-state index is -0.944. The molecule has 0 aliphatic carbocycles. The van der Waals surface area contributed by atoms with E-state index < -0.39 is 11.1 Å². The van der Waals surface area contributed by atoms with Crippen LogP contribution >= 0.6 is 0 Å². The molecule has 0 amide bonds. The van der Waals surface area contributed by atoms with Gasteiger partial charge in [-0.05, 0) is 12.1 Å². The van der Waals surface area contributed by atoms with Gasteiger partial charge in [-0.2, -0.15) is 0 Å². The zero-order chi connectivity index (χ0) is 6.69. The number of rotatable bonds is 0. The lowest BCUT2D eigenvalue weighted by atomic mass is 10.5. The van der Waals surface area contributed by atoms with Gasteiger partial charge in [0.1, 0.15) is 0 Å². The van der Waals surface area contributed by atoms with Crippen LogP contribution in [0.25, 0.3) is 0 Å². The Labute approximate surface area is 49.7 Å². The molecule has 0 N–H and O–H groups in total. The highest BCUT2D eigenvalue weighted by Crippen LogP contribution is 1.61. The Morgan fingerprint density at radius 2 is 2.22 bits per heavy atom. The Morgan fingerprint density at radius 3 is 3.00 bits per heavy atom. The molecule has 1 rings (SSSR count). The van der Waals surface area contributed by atoms with Crippen molar-refractivity contribution in [2.75, 3.05) is 0 Å². The second-order valence-corrected chi connectivity index (χ2v) is 1.36. The number of nitrogens with zero attached hydrogens (tertiary/aromatic N) is 1. The molecule has 1 aromatic rings. The van der Waals surface area contributed by atoms with E-state index in [2.05, 4.69) is 9.68 Å². The van der Waals surface area contributed by atoms with Crippen molar-refractivity contribution >= 4 is 0 Å². The van der Waals surface area contributed by atoms with Crippen LogP contribution in [0.1, 0.15) is 0 Å². The fourth-order valence-electron chi connectivity index (χ4n) is 0.357. The Kier molecular flexibility index (Phi) is 1.40. The third kappa shape index (κ3) is 1.22. The number of aromatic nitrogens is 1. The first-order valence-corrected chi connectivity index (χ1v) is 2.26. The van der Waals surface area contributed by atoms with E-state index in [-0.39, 0.29) is 0 Å². The SMILES string of the molecule is O=c1cccnoc1=O. The van der Waals surface area contributed by atoms with Crippen molar-refractivity contribution in [3.8, 4) is 0 Å². The molecule has 0 aliphatic heterocycles. The predicted octanol–water partition coefficient (Wildman–Crippen LogP) is -0.605. The van der Waals surface area contributed by atoms with E-state index in [1.54, 1.807) is 0 Å². The average molecular weight is 125 g/mol. The Hall–Kier alpha value is -1.45. The summed E-state index contributed by atoms with van der Waals surface area (Å²) in [5.74, 6) is 0. The minimum absolute atomic E-state index is 0.687. The van der Waals surface area contributed by atoms with Gasteiger partial charge in [-0.1, -0.05) is 5.16 Å². The molecule has 0 unspecified atom stereocenters. The molecule has 0 fully saturated rings. The van der Waals surface area contributed by atoms with Crippen molar-refractivity contribution in [3.05, 3.63) is 39.0 Å². The lowest BCUT2D eigenvalue weighted by Crippen LogP contribution is -2.18. The van der Waals surface area contributed by atoms with Gasteiger partial charge in [0, 0.05) is 0 Å². The van der Waals surface area contributed by atoms with Gasteiger partial charge in [-0.3, -0.25) is 4.79 Å². The van der Waals surface area contributed by atoms with Crippen molar-refractivity contribution in [2.45, 2.75) is 0 Å². The molecule has 0 atom stereocenters. The molecule has 0 radical (unpaired) electrons. The average Bonchev–Trinajstić information content (AvgIpc) is 1.99. The maximum atomic E-state index is 10.4. The summed E-state index contributed by atoms with van der Waals surface area (Å²) in [5.41, 5.74) is -1.63. The standard InChI is InChI=1S/C5H3NO3/c7-4-2-1-3-6-9-5(4)8/h1-3H. The van der Waals surface area contributed by atoms with Crippen LogP contribution in [-0.4, -0.2) is 5.16 Å². The van der Waals surface area contributed by atoms with Crippen LogP contribution in [0, 0.1) is 0 Å². The predicted molar refractivity (Wildman–Crippen MR) is 29.0 cm³/mol. The molecular weight excluding hydrogens is 122 g/mol. The van der Waals surface area contributed by atoms with E-state index in [4.69, 9.17) is 0 Å². The quantitative estimate of drug-likeness (QED) is 0.434. The third-order valence-corrected chi connectivity index (χ3v) is 0.731. The summed E-state index contributed by atoms with van der Waals surface area (Å²) >= 11 is 0. The molecule has 46 valence electrons. The molecule has 1 aromatic heterocycles. The van der Waals surface area contributed by atoms with Gasteiger partial charge in [-0.25, -0.2) is 4.79 Å². The van der Waals surface area contributed by atoms with Gasteiger partial charge in [0.2, 0.25) is 0 Å². The van der Waals surface area contributed by atoms with Crippen LogP contribution in [-0.2, 0) is 0 Å². The first-order chi connectivity index (χ1) is 4.30. The normalized spacial score (nSPS) is 8.89. The number of hydrogen-bond donors (Lipinski definition) is 0. The third-order valence-electron chi connectivity index (χ3n) is 0.731. The molecule has 4 heteroatoms. The highest BCUT2D eigenvalue weighted by atomic mass is 16.5. The summed E-state index contributed by atoms with van der Waals surface area (Å²) in [7, 11) is 0. The van der Waals surface area contributed by atoms with Crippen LogP contribution in [0.4, 0.5) is 0 Å². The molecule has 9 heavy (non-hydrogen) atoms. The molecule has 0 aliphatic rings. The summed E-state index contributed by atoms with van der Waals surface area (Å²) in [5, 5.41) is 3.12. The van der Waals surface area contributed by atoms with Gasteiger partial charge in [0.05, 0.1) is 6.20 Å². The van der Waals surface area contributed by atoms with Crippen molar-refractivity contribution in [1.82, 2.24) is 5.16 Å². The minimum Gasteiger partial charge on any atom is -0.309 e. The van der Waals surface area contributed by atoms with Crippen molar-refractivity contribution < 1.29 is 4.52 Å². The van der Waals surface area contributed by atoms with Crippen LogP contribution < -0.4 is 11.1 Å². The van der Waals surface area contributed by atoms with Crippen LogP contribution in [0.2, 0.25) is 0 Å². The van der Waals surface area contributed by atoms with E-state index in [1.807, 2.05) is 0 Å². The molecule has 4 nitrogen and oxygen atoms in total. The monoisotopic (exact) mass is 125 g/mol. The maximum absolute atomic E-state index is 10.4. The van der Waals surface area contributed by atoms with E-state index in [1.165, 1.54) is 12.3 Å². The van der Waals surface area contributed by atoms with Gasteiger partial charge in [0.25, 0.3) is 5.43 Å². The molecule has 0 bridgehead atoms. The largest absolute Gasteiger partial charge is 0.405 e. The Balaban J connectivity index is 3.62. The Bertz CT molecular complexity index is 274. The van der Waals surface area contributed by atoms with Crippen LogP contribution in [0.3, 0.4) is 0 Å². The van der Waals surface area contributed by atoms with Gasteiger partial charge in [-0.15, -0.1) is 0 Å². The highest BCUT2D eigenvalue weighted by molar-refractivity contribution is 4.85. The molecular formula is C5H3NO3. The topological polar surface area (TPSA) is 60.2 Å². The molecule has 0 spiro atoms. The first-order valence-electron chi connectivity index (χ1n) is 2.26. The van der Waals surface area contributed by atoms with E-state index in [9.17, 15) is 9.59 Å². The summed E-state index contributed by atoms with van der Waals surface area (Å²) in [6, 6.07) is 2.44. The molecule has 0 aromatic carbocycles. The molecule has 1 heterocycles. The fourth-order valence-corrected chi connectivity index (χ4v) is 0.357. The summed E-state index contributed by atoms with van der Waals surface area (Å²) < 4.78 is 4.03. The van der Waals surface area contributed by atoms with Crippen molar-refractivity contribution in [1.29, 1.82) is 0 Å². The zero-order valence-electron chi connectivity index (χ0n) is 4.40. The lowest BCUT2D eigenvalue weighted by molar-refractivity contribution is 0.373. The first kappa shape index (κ1) is 5.68. The number of hydrogen-bond acceptors (Lipinski definition) is 4. The van der Waals surface area contributed by atoms with Gasteiger partial charge < -0.3 is 4.52 Å². The van der Waals surface area contributed by atoms with Crippen molar-refractivity contribution in [3.63, 3.8) is 0 Å². The van der Waals surface area contributed by atoms with Gasteiger partial charge in [0.15, 0.2) is 0 Å². The highest BCUT2D eigenvalue weighted by Gasteiger charge is 1.86. The Morgan fingerprint density at radius 1 is 1.44 bits per heavy atom. The van der Waals surface area contributed by atoms with Crippen LogP contribution in [0.5, 0.6) is 0 Å². The van der Waals surface area contributed by atoms with Crippen molar-refractivity contribution in [2.24, 2.45) is 0 Å². The maximum Gasteiger partial charge on any atom is 0.405 e. The van der Waals surface area contributed by atoms with Crippen LogP contribution in [0.15, 0.2) is 32.4 Å². The summed E-state index contributed by atoms with van der Waals surface area (Å²) in [6.07, 6.45) is 1.23. The molecule has 0 saturated heterocycles. The smallest absolute Gasteiger partial charge is 0.309 e. The second kappa shape index (κ2) is 2.21. The van der Waals surface area contributed by atoms with Gasteiger partial charge >= 0.3 is 5.63 Å². The fraction of sp³-hybridized carbons (Fsp3) is 0. The van der Waals surface area contributed by atoms with E-state index in [0.717, 1.165) is 6.07 Å². The lowest BCUT2D eigenvalue weighted by Gasteiger charge is -1.59. The van der Waals surface area contributed by atoms with E-state index in [0.29, 0.717) is 0 Å². The second-order valence-electron chi connectivity index (χ2n) is 1.36. The molecule has 0 saturated carbocycles. The summed E-state index contributed by atoms with van der Waals surface area (Å²) in [4.78, 5) is 20.7.